The van der Waals surface area contributed by atoms with E-state index in [1.807, 2.05) is 54.6 Å². The lowest BCUT2D eigenvalue weighted by atomic mass is 9.76. The second-order valence-corrected chi connectivity index (χ2v) is 10.1. The second-order valence-electron chi connectivity index (χ2n) is 10.1. The third-order valence-electron chi connectivity index (χ3n) is 7.46. The van der Waals surface area contributed by atoms with E-state index in [1.54, 1.807) is 6.92 Å². The Kier molecular flexibility index (Phi) is 8.57. The highest BCUT2D eigenvalue weighted by molar-refractivity contribution is 5.92. The smallest absolute Gasteiger partial charge is 0.314 e. The van der Waals surface area contributed by atoms with E-state index in [4.69, 9.17) is 4.42 Å². The van der Waals surface area contributed by atoms with Gasteiger partial charge in [0.25, 0.3) is 5.91 Å². The van der Waals surface area contributed by atoms with Crippen molar-refractivity contribution in [2.75, 3.05) is 6.54 Å². The molecule has 1 aliphatic rings. The molecule has 4 rings (SSSR count). The number of aromatic nitrogens is 1. The summed E-state index contributed by atoms with van der Waals surface area (Å²) in [6.45, 7) is 2.35. The molecule has 0 spiro atoms. The van der Waals surface area contributed by atoms with Gasteiger partial charge in [0.2, 0.25) is 5.89 Å². The lowest BCUT2D eigenvalue weighted by Gasteiger charge is -2.26. The van der Waals surface area contributed by atoms with Gasteiger partial charge in [-0.25, -0.2) is 4.98 Å². The number of nitrogens with zero attached hydrogens (tertiary/aromatic N) is 1. The summed E-state index contributed by atoms with van der Waals surface area (Å²) < 4.78 is 5.68. The highest BCUT2D eigenvalue weighted by Crippen LogP contribution is 2.33. The molecule has 1 aromatic heterocycles. The van der Waals surface area contributed by atoms with Gasteiger partial charge in [-0.2, -0.15) is 0 Å². The lowest BCUT2D eigenvalue weighted by molar-refractivity contribution is -0.143. The zero-order chi connectivity index (χ0) is 25.4. The number of oxazole rings is 1. The monoisotopic (exact) mass is 488 g/mol. The molecule has 1 atom stereocenters. The molecule has 190 valence electrons. The number of rotatable bonds is 11. The maximum atomic E-state index is 12.6. The van der Waals surface area contributed by atoms with Crippen molar-refractivity contribution in [2.45, 2.75) is 70.1 Å². The fraction of sp³-hybridized carbons (Fsp3) is 0.433. The molecule has 1 fully saturated rings. The minimum Gasteiger partial charge on any atom is -0.481 e. The molecular formula is C30H36N2O4. The van der Waals surface area contributed by atoms with Crippen LogP contribution in [-0.4, -0.2) is 28.5 Å². The summed E-state index contributed by atoms with van der Waals surface area (Å²) in [7, 11) is 0. The second kappa shape index (κ2) is 12.0. The van der Waals surface area contributed by atoms with E-state index in [2.05, 4.69) is 10.3 Å². The molecule has 36 heavy (non-hydrogen) atoms. The van der Waals surface area contributed by atoms with E-state index in [0.29, 0.717) is 18.0 Å². The highest BCUT2D eigenvalue weighted by Gasteiger charge is 2.36. The topological polar surface area (TPSA) is 92.4 Å². The molecule has 2 aromatic carbocycles. The van der Waals surface area contributed by atoms with Gasteiger partial charge in [0.15, 0.2) is 5.69 Å². The van der Waals surface area contributed by atoms with Crippen molar-refractivity contribution >= 4 is 11.9 Å². The summed E-state index contributed by atoms with van der Waals surface area (Å²) in [5.41, 5.74) is 1.32. The van der Waals surface area contributed by atoms with Crippen LogP contribution in [0.4, 0.5) is 0 Å². The average Bonchev–Trinajstić information content (AvgIpc) is 3.40. The van der Waals surface area contributed by atoms with Crippen molar-refractivity contribution in [3.63, 3.8) is 0 Å². The van der Waals surface area contributed by atoms with Crippen LogP contribution in [-0.2, 0) is 16.6 Å². The van der Waals surface area contributed by atoms with E-state index in [0.717, 1.165) is 29.9 Å². The van der Waals surface area contributed by atoms with E-state index < -0.39 is 11.4 Å². The Labute approximate surface area is 213 Å². The fourth-order valence-electron chi connectivity index (χ4n) is 5.20. The Morgan fingerprint density at radius 2 is 1.75 bits per heavy atom. The van der Waals surface area contributed by atoms with E-state index in [1.165, 1.54) is 44.8 Å². The molecule has 1 saturated carbocycles. The predicted octanol–water partition coefficient (Wildman–Crippen LogP) is 6.41. The molecule has 0 radical (unpaired) electrons. The molecule has 1 unspecified atom stereocenters. The number of benzene rings is 2. The third kappa shape index (κ3) is 6.23. The molecule has 2 N–H and O–H groups in total. The number of aliphatic carboxylic acids is 1. The third-order valence-corrected chi connectivity index (χ3v) is 7.46. The Bertz CT molecular complexity index is 1150. The normalized spacial score (nSPS) is 15.8. The summed E-state index contributed by atoms with van der Waals surface area (Å²) in [6.07, 6.45) is 11.8. The zero-order valence-electron chi connectivity index (χ0n) is 21.0. The van der Waals surface area contributed by atoms with E-state index in [9.17, 15) is 14.7 Å². The molecule has 0 bridgehead atoms. The summed E-state index contributed by atoms with van der Waals surface area (Å²) in [5, 5.41) is 13.0. The van der Waals surface area contributed by atoms with Crippen LogP contribution in [0, 0.1) is 5.92 Å². The van der Waals surface area contributed by atoms with Gasteiger partial charge in [-0.05, 0) is 42.9 Å². The number of carbonyl (C=O) groups excluding carboxylic acids is 1. The van der Waals surface area contributed by atoms with Crippen LogP contribution in [0.15, 0.2) is 65.3 Å². The first-order chi connectivity index (χ1) is 17.5. The predicted molar refractivity (Wildman–Crippen MR) is 140 cm³/mol. The SMILES string of the molecule is CC(Cc1ccccc1-c1nc(C(=O)NCCCCC2CCCCC2)co1)(C(=O)O)c1ccccc1. The lowest BCUT2D eigenvalue weighted by Crippen LogP contribution is -2.35. The first kappa shape index (κ1) is 25.7. The van der Waals surface area contributed by atoms with Gasteiger partial charge in [-0.3, -0.25) is 9.59 Å². The number of carboxylic acids is 1. The van der Waals surface area contributed by atoms with E-state index in [-0.39, 0.29) is 18.0 Å². The zero-order valence-corrected chi connectivity index (χ0v) is 21.0. The van der Waals surface area contributed by atoms with Crippen molar-refractivity contribution in [1.82, 2.24) is 10.3 Å². The molecule has 0 aliphatic heterocycles. The fourth-order valence-corrected chi connectivity index (χ4v) is 5.20. The summed E-state index contributed by atoms with van der Waals surface area (Å²) in [6, 6.07) is 16.7. The minimum absolute atomic E-state index is 0.233. The van der Waals surface area contributed by atoms with Gasteiger partial charge in [0.1, 0.15) is 6.26 Å². The highest BCUT2D eigenvalue weighted by atomic mass is 16.4. The molecule has 3 aromatic rings. The first-order valence-electron chi connectivity index (χ1n) is 13.1. The van der Waals surface area contributed by atoms with Crippen LogP contribution in [0.3, 0.4) is 0 Å². The Morgan fingerprint density at radius 1 is 1.03 bits per heavy atom. The molecule has 1 heterocycles. The number of hydrogen-bond acceptors (Lipinski definition) is 4. The Balaban J connectivity index is 1.39. The Morgan fingerprint density at radius 3 is 2.50 bits per heavy atom. The van der Waals surface area contributed by atoms with Gasteiger partial charge >= 0.3 is 5.97 Å². The minimum atomic E-state index is -1.12. The summed E-state index contributed by atoms with van der Waals surface area (Å²) in [4.78, 5) is 29.4. The van der Waals surface area contributed by atoms with Gasteiger partial charge in [-0.15, -0.1) is 0 Å². The molecular weight excluding hydrogens is 452 g/mol. The largest absolute Gasteiger partial charge is 0.481 e. The van der Waals surface area contributed by atoms with Crippen molar-refractivity contribution in [2.24, 2.45) is 5.92 Å². The standard InChI is InChI=1S/C30H36N2O4/c1-30(29(34)35,24-16-6-3-7-17-24)20-23-15-8-9-18-25(23)28-32-26(21-36-28)27(33)31-19-11-10-14-22-12-4-2-5-13-22/h3,6-9,15-18,21-22H,2,4-5,10-14,19-20H2,1H3,(H,31,33)(H,34,35). The van der Waals surface area contributed by atoms with Crippen molar-refractivity contribution in [3.05, 3.63) is 77.7 Å². The molecule has 1 aliphatic carbocycles. The summed E-state index contributed by atoms with van der Waals surface area (Å²) >= 11 is 0. The summed E-state index contributed by atoms with van der Waals surface area (Å²) in [5.74, 6) is 0.0191. The Hall–Kier alpha value is -3.41. The number of unbranched alkanes of at least 4 members (excludes halogenated alkanes) is 1. The number of hydrogen-bond donors (Lipinski definition) is 2. The van der Waals surface area contributed by atoms with Crippen LogP contribution >= 0.6 is 0 Å². The average molecular weight is 489 g/mol. The maximum Gasteiger partial charge on any atom is 0.314 e. The van der Waals surface area contributed by atoms with Crippen molar-refractivity contribution in [1.29, 1.82) is 0 Å². The van der Waals surface area contributed by atoms with Crippen LogP contribution in [0.2, 0.25) is 0 Å². The van der Waals surface area contributed by atoms with E-state index >= 15 is 0 Å². The van der Waals surface area contributed by atoms with Gasteiger partial charge in [-0.1, -0.05) is 93.5 Å². The molecule has 6 nitrogen and oxygen atoms in total. The van der Waals surface area contributed by atoms with Gasteiger partial charge < -0.3 is 14.8 Å². The molecule has 1 amide bonds. The number of nitrogens with one attached hydrogen (secondary N) is 1. The van der Waals surface area contributed by atoms with Crippen LogP contribution < -0.4 is 5.32 Å². The van der Waals surface area contributed by atoms with Crippen molar-refractivity contribution < 1.29 is 19.1 Å². The van der Waals surface area contributed by atoms with Crippen LogP contribution in [0.25, 0.3) is 11.5 Å². The van der Waals surface area contributed by atoms with Crippen LogP contribution in [0.5, 0.6) is 0 Å². The number of carboxylic acid groups (broad SMARTS) is 1. The molecule has 0 saturated heterocycles. The van der Waals surface area contributed by atoms with Gasteiger partial charge in [0.05, 0.1) is 5.41 Å². The quantitative estimate of drug-likeness (QED) is 0.304. The van der Waals surface area contributed by atoms with Crippen LogP contribution in [0.1, 0.15) is 79.9 Å². The maximum absolute atomic E-state index is 12.6. The number of amides is 1. The van der Waals surface area contributed by atoms with Crippen molar-refractivity contribution in [3.8, 4) is 11.5 Å². The van der Waals surface area contributed by atoms with Gasteiger partial charge in [0, 0.05) is 12.1 Å². The first-order valence-corrected chi connectivity index (χ1v) is 13.1. The number of carbonyl (C=O) groups is 2. The molecule has 6 heteroatoms.